The van der Waals surface area contributed by atoms with Crippen molar-refractivity contribution in [3.63, 3.8) is 0 Å². The predicted octanol–water partition coefficient (Wildman–Crippen LogP) is 6.24. The third-order valence-corrected chi connectivity index (χ3v) is 8.86. The van der Waals surface area contributed by atoms with Crippen LogP contribution in [-0.4, -0.2) is 10.3 Å². The Balaban J connectivity index is 1.91. The Kier molecular flexibility index (Phi) is 6.70. The zero-order valence-corrected chi connectivity index (χ0v) is 18.5. The van der Waals surface area contributed by atoms with Crippen LogP contribution in [0.4, 0.5) is 0 Å². The van der Waals surface area contributed by atoms with E-state index in [1.165, 1.54) is 5.06 Å². The molecule has 0 fully saturated rings. The average molecular weight is 448 g/mol. The van der Waals surface area contributed by atoms with Crippen molar-refractivity contribution in [3.05, 3.63) is 131 Å². The molecule has 0 amide bonds. The van der Waals surface area contributed by atoms with Crippen LogP contribution in [-0.2, 0) is 11.1 Å². The highest BCUT2D eigenvalue weighted by Crippen LogP contribution is 2.58. The van der Waals surface area contributed by atoms with Crippen molar-refractivity contribution in [2.24, 2.45) is 0 Å². The quantitative estimate of drug-likeness (QED) is 0.269. The molecule has 1 N–H and O–H groups in total. The normalized spacial score (nSPS) is 12.6. The molecule has 0 aliphatic rings. The van der Waals surface area contributed by atoms with Crippen LogP contribution in [0.3, 0.4) is 0 Å². The van der Waals surface area contributed by atoms with Crippen molar-refractivity contribution in [2.45, 2.75) is 12.3 Å². The first-order valence-corrected chi connectivity index (χ1v) is 12.2. The van der Waals surface area contributed by atoms with Crippen LogP contribution < -0.4 is 10.6 Å². The SMILES string of the molecule is O=P(c1ccccc1)(c1ccccc1)C(c1cccc(Cl)c1)N(O)Cc1ccccc1. The summed E-state index contributed by atoms with van der Waals surface area (Å²) >= 11 is 6.31. The standard InChI is InChI=1S/C26H23ClNO2P/c27-23-14-10-13-22(19-23)26(28(29)20-21-11-4-1-5-12-21)31(30,24-15-6-2-7-16-24)25-17-8-3-9-18-25/h1-19,26,29H,20H2. The third-order valence-electron chi connectivity index (χ3n) is 5.24. The summed E-state index contributed by atoms with van der Waals surface area (Å²) in [5, 5.41) is 14.5. The minimum Gasteiger partial charge on any atom is -0.313 e. The monoisotopic (exact) mass is 447 g/mol. The number of nitrogens with zero attached hydrogens (tertiary/aromatic N) is 1. The molecule has 0 saturated heterocycles. The van der Waals surface area contributed by atoms with E-state index in [1.807, 2.05) is 103 Å². The number of halogens is 1. The summed E-state index contributed by atoms with van der Waals surface area (Å²) in [4.78, 5) is 0. The molecule has 0 saturated carbocycles. The molecule has 31 heavy (non-hydrogen) atoms. The van der Waals surface area contributed by atoms with Crippen LogP contribution in [0.25, 0.3) is 0 Å². The van der Waals surface area contributed by atoms with Gasteiger partial charge in [0.1, 0.15) is 5.78 Å². The first-order valence-electron chi connectivity index (χ1n) is 10.0. The van der Waals surface area contributed by atoms with Crippen molar-refractivity contribution in [1.82, 2.24) is 5.06 Å². The highest BCUT2D eigenvalue weighted by atomic mass is 35.5. The van der Waals surface area contributed by atoms with Gasteiger partial charge in [0.05, 0.1) is 6.54 Å². The van der Waals surface area contributed by atoms with E-state index in [0.29, 0.717) is 21.2 Å². The van der Waals surface area contributed by atoms with E-state index < -0.39 is 12.9 Å². The van der Waals surface area contributed by atoms with Gasteiger partial charge in [0, 0.05) is 15.6 Å². The fraction of sp³-hybridized carbons (Fsp3) is 0.0769. The van der Waals surface area contributed by atoms with Gasteiger partial charge in [0.2, 0.25) is 0 Å². The van der Waals surface area contributed by atoms with Gasteiger partial charge in [0.15, 0.2) is 7.14 Å². The lowest BCUT2D eigenvalue weighted by Gasteiger charge is -2.34. The molecule has 5 heteroatoms. The van der Waals surface area contributed by atoms with Gasteiger partial charge in [-0.1, -0.05) is 115 Å². The predicted molar refractivity (Wildman–Crippen MR) is 128 cm³/mol. The summed E-state index contributed by atoms with van der Waals surface area (Å²) in [5.41, 5.74) is 1.62. The molecule has 0 aliphatic heterocycles. The van der Waals surface area contributed by atoms with Gasteiger partial charge in [-0.05, 0) is 23.3 Å². The zero-order chi connectivity index (χ0) is 21.7. The second-order valence-electron chi connectivity index (χ2n) is 7.34. The highest BCUT2D eigenvalue weighted by Gasteiger charge is 2.41. The molecule has 0 heterocycles. The van der Waals surface area contributed by atoms with E-state index in [-0.39, 0.29) is 6.54 Å². The van der Waals surface area contributed by atoms with Crippen molar-refractivity contribution < 1.29 is 9.77 Å². The number of rotatable bonds is 7. The Labute approximate surface area is 187 Å². The number of hydroxylamine groups is 2. The van der Waals surface area contributed by atoms with Crippen molar-refractivity contribution in [2.75, 3.05) is 0 Å². The van der Waals surface area contributed by atoms with Crippen LogP contribution in [0, 0.1) is 0 Å². The van der Waals surface area contributed by atoms with Crippen LogP contribution >= 0.6 is 18.7 Å². The van der Waals surface area contributed by atoms with E-state index in [2.05, 4.69) is 0 Å². The van der Waals surface area contributed by atoms with E-state index in [1.54, 1.807) is 12.1 Å². The topological polar surface area (TPSA) is 40.5 Å². The fourth-order valence-electron chi connectivity index (χ4n) is 3.82. The second-order valence-corrected chi connectivity index (χ2v) is 10.6. The Morgan fingerprint density at radius 2 is 1.26 bits per heavy atom. The van der Waals surface area contributed by atoms with Gasteiger partial charge < -0.3 is 9.77 Å². The molecule has 1 atom stereocenters. The molecule has 3 nitrogen and oxygen atoms in total. The molecule has 4 aromatic rings. The summed E-state index contributed by atoms with van der Waals surface area (Å²) in [6, 6.07) is 35.6. The molecule has 156 valence electrons. The fourth-order valence-corrected chi connectivity index (χ4v) is 7.15. The smallest absolute Gasteiger partial charge is 0.166 e. The molecular weight excluding hydrogens is 425 g/mol. The third kappa shape index (κ3) is 4.66. The summed E-state index contributed by atoms with van der Waals surface area (Å²) < 4.78 is 15.0. The summed E-state index contributed by atoms with van der Waals surface area (Å²) in [5.74, 6) is -0.809. The van der Waals surface area contributed by atoms with Crippen LogP contribution in [0.15, 0.2) is 115 Å². The number of hydrogen-bond acceptors (Lipinski definition) is 3. The molecule has 0 spiro atoms. The number of benzene rings is 4. The molecule has 0 aliphatic carbocycles. The van der Waals surface area contributed by atoms with Crippen LogP contribution in [0.1, 0.15) is 16.9 Å². The van der Waals surface area contributed by atoms with Crippen molar-refractivity contribution in [1.29, 1.82) is 0 Å². The van der Waals surface area contributed by atoms with Crippen LogP contribution in [0.5, 0.6) is 0 Å². The molecule has 0 bridgehead atoms. The molecule has 0 radical (unpaired) electrons. The van der Waals surface area contributed by atoms with Crippen molar-refractivity contribution in [3.8, 4) is 0 Å². The van der Waals surface area contributed by atoms with E-state index >= 15 is 4.57 Å². The van der Waals surface area contributed by atoms with Gasteiger partial charge in [-0.3, -0.25) is 0 Å². The Morgan fingerprint density at radius 3 is 1.77 bits per heavy atom. The summed E-state index contributed by atoms with van der Waals surface area (Å²) in [6.45, 7) is 0.224. The molecule has 4 aromatic carbocycles. The minimum absolute atomic E-state index is 0.224. The van der Waals surface area contributed by atoms with E-state index in [0.717, 1.165) is 5.56 Å². The van der Waals surface area contributed by atoms with Gasteiger partial charge >= 0.3 is 0 Å². The second kappa shape index (κ2) is 9.64. The van der Waals surface area contributed by atoms with Gasteiger partial charge in [0.25, 0.3) is 0 Å². The maximum absolute atomic E-state index is 15.0. The first kappa shape index (κ1) is 21.5. The Hall–Kier alpha value is -2.68. The minimum atomic E-state index is -3.35. The molecule has 1 unspecified atom stereocenters. The summed E-state index contributed by atoms with van der Waals surface area (Å²) in [7, 11) is -3.35. The molecule has 0 aromatic heterocycles. The van der Waals surface area contributed by atoms with Crippen LogP contribution in [0.2, 0.25) is 5.02 Å². The highest BCUT2D eigenvalue weighted by molar-refractivity contribution is 7.78. The number of hydrogen-bond donors (Lipinski definition) is 1. The molecular formula is C26H23ClNO2P. The Morgan fingerprint density at radius 1 is 0.742 bits per heavy atom. The lowest BCUT2D eigenvalue weighted by atomic mass is 10.2. The maximum atomic E-state index is 15.0. The van der Waals surface area contributed by atoms with E-state index in [9.17, 15) is 5.21 Å². The lowest BCUT2D eigenvalue weighted by molar-refractivity contribution is -0.114. The van der Waals surface area contributed by atoms with E-state index in [4.69, 9.17) is 11.6 Å². The summed E-state index contributed by atoms with van der Waals surface area (Å²) in [6.07, 6.45) is 0. The zero-order valence-electron chi connectivity index (χ0n) is 16.9. The van der Waals surface area contributed by atoms with Gasteiger partial charge in [-0.25, -0.2) is 0 Å². The lowest BCUT2D eigenvalue weighted by Crippen LogP contribution is -2.32. The van der Waals surface area contributed by atoms with Crippen molar-refractivity contribution >= 4 is 29.4 Å². The average Bonchev–Trinajstić information content (AvgIpc) is 2.81. The Bertz CT molecular complexity index is 1130. The van der Waals surface area contributed by atoms with Gasteiger partial charge in [-0.15, -0.1) is 0 Å². The van der Waals surface area contributed by atoms with Gasteiger partial charge in [-0.2, -0.15) is 5.06 Å². The molecule has 4 rings (SSSR count). The maximum Gasteiger partial charge on any atom is 0.166 e. The largest absolute Gasteiger partial charge is 0.313 e. The first-order chi connectivity index (χ1) is 15.1.